The molecule has 0 spiro atoms. The Balaban J connectivity index is 2.63. The summed E-state index contributed by atoms with van der Waals surface area (Å²) in [5.74, 6) is -0.242. The van der Waals surface area contributed by atoms with Gasteiger partial charge in [-0.2, -0.15) is 0 Å². The second kappa shape index (κ2) is 9.93. The lowest BCUT2D eigenvalue weighted by Crippen LogP contribution is -2.49. The average Bonchev–Trinajstić information content (AvgIpc) is 2.49. The fourth-order valence-electron chi connectivity index (χ4n) is 2.66. The summed E-state index contributed by atoms with van der Waals surface area (Å²) in [5.41, 5.74) is 0.118. The van der Waals surface area contributed by atoms with Gasteiger partial charge < -0.3 is 20.1 Å². The van der Waals surface area contributed by atoms with E-state index in [1.807, 2.05) is 27.7 Å². The summed E-state index contributed by atoms with van der Waals surface area (Å²) in [5, 5.41) is 5.62. The Morgan fingerprint density at radius 2 is 1.78 bits per heavy atom. The maximum absolute atomic E-state index is 12.7. The summed E-state index contributed by atoms with van der Waals surface area (Å²) in [6.45, 7) is 13.0. The van der Waals surface area contributed by atoms with Crippen molar-refractivity contribution in [3.05, 3.63) is 23.8 Å². The first-order valence-electron chi connectivity index (χ1n) is 9.66. The topological polar surface area (TPSA) is 76.7 Å². The fourth-order valence-corrected chi connectivity index (χ4v) is 2.66. The number of carbonyl (C=O) groups is 2. The summed E-state index contributed by atoms with van der Waals surface area (Å²) in [7, 11) is 0. The number of allylic oxidation sites excluding steroid dienone is 3. The minimum absolute atomic E-state index is 0.0286. The molecule has 0 bridgehead atoms. The van der Waals surface area contributed by atoms with Crippen molar-refractivity contribution in [1.29, 1.82) is 0 Å². The quantitative estimate of drug-likeness (QED) is 0.703. The highest BCUT2D eigenvalue weighted by Gasteiger charge is 2.27. The van der Waals surface area contributed by atoms with E-state index in [0.717, 1.165) is 19.3 Å². The van der Waals surface area contributed by atoms with E-state index in [9.17, 15) is 9.59 Å². The van der Waals surface area contributed by atoms with Gasteiger partial charge in [0.1, 0.15) is 5.60 Å². The summed E-state index contributed by atoms with van der Waals surface area (Å²) < 4.78 is 11.1. The van der Waals surface area contributed by atoms with Crippen LogP contribution in [0.2, 0.25) is 0 Å². The second-order valence-corrected chi connectivity index (χ2v) is 8.97. The SMILES string of the molecule is CC(CC1=CCCC=C1)NC(=O)C(CNC(=O)OC(C)(C)C)OC(C)(C)C. The number of hydrogen-bond acceptors (Lipinski definition) is 4. The summed E-state index contributed by atoms with van der Waals surface area (Å²) >= 11 is 0. The predicted molar refractivity (Wildman–Crippen MR) is 108 cm³/mol. The molecule has 2 N–H and O–H groups in total. The van der Waals surface area contributed by atoms with Crippen LogP contribution in [0.1, 0.15) is 67.7 Å². The Morgan fingerprint density at radius 3 is 2.30 bits per heavy atom. The third kappa shape index (κ3) is 10.8. The molecule has 0 aromatic rings. The molecule has 1 aliphatic rings. The van der Waals surface area contributed by atoms with Gasteiger partial charge in [-0.05, 0) is 67.7 Å². The monoisotopic (exact) mass is 380 g/mol. The lowest BCUT2D eigenvalue weighted by Gasteiger charge is -2.28. The van der Waals surface area contributed by atoms with E-state index in [-0.39, 0.29) is 18.5 Å². The molecule has 0 saturated carbocycles. The fraction of sp³-hybridized carbons (Fsp3) is 0.714. The number of amides is 2. The van der Waals surface area contributed by atoms with Gasteiger partial charge in [-0.3, -0.25) is 4.79 Å². The zero-order chi connectivity index (χ0) is 20.7. The summed E-state index contributed by atoms with van der Waals surface area (Å²) in [6.07, 6.45) is 7.99. The predicted octanol–water partition coefficient (Wildman–Crippen LogP) is 3.87. The van der Waals surface area contributed by atoms with Gasteiger partial charge in [-0.1, -0.05) is 23.8 Å². The summed E-state index contributed by atoms with van der Waals surface area (Å²) in [6, 6.07) is -0.0286. The number of nitrogens with one attached hydrogen (secondary N) is 2. The van der Waals surface area contributed by atoms with E-state index in [4.69, 9.17) is 9.47 Å². The third-order valence-electron chi connectivity index (χ3n) is 3.62. The molecule has 0 aromatic heterocycles. The molecule has 2 unspecified atom stereocenters. The van der Waals surface area contributed by atoms with E-state index in [2.05, 4.69) is 28.9 Å². The standard InChI is InChI=1S/C21H36N2O4/c1-15(13-16-11-9-8-10-12-16)23-18(24)17(26-20(2,3)4)14-22-19(25)27-21(5,6)7/h9,11-12,15,17H,8,10,13-14H2,1-7H3,(H,22,25)(H,23,24). The molecule has 0 fully saturated rings. The first kappa shape index (κ1) is 23.2. The van der Waals surface area contributed by atoms with E-state index in [1.54, 1.807) is 20.8 Å². The molecule has 2 amide bonds. The van der Waals surface area contributed by atoms with Crippen molar-refractivity contribution in [2.75, 3.05) is 6.54 Å². The highest BCUT2D eigenvalue weighted by Crippen LogP contribution is 2.16. The van der Waals surface area contributed by atoms with Crippen LogP contribution in [0.15, 0.2) is 23.8 Å². The molecule has 0 heterocycles. The molecule has 0 aliphatic heterocycles. The number of hydrogen-bond donors (Lipinski definition) is 2. The molecule has 1 aliphatic carbocycles. The Hall–Kier alpha value is -1.82. The maximum Gasteiger partial charge on any atom is 0.407 e. The van der Waals surface area contributed by atoms with Gasteiger partial charge in [0.25, 0.3) is 5.91 Å². The zero-order valence-electron chi connectivity index (χ0n) is 17.8. The Labute approximate surface area is 163 Å². The van der Waals surface area contributed by atoms with Crippen molar-refractivity contribution in [2.45, 2.75) is 91.1 Å². The zero-order valence-corrected chi connectivity index (χ0v) is 17.8. The Bertz CT molecular complexity index is 568. The third-order valence-corrected chi connectivity index (χ3v) is 3.62. The number of alkyl carbamates (subject to hydrolysis) is 1. The van der Waals surface area contributed by atoms with E-state index >= 15 is 0 Å². The van der Waals surface area contributed by atoms with Crippen LogP contribution in [0.25, 0.3) is 0 Å². The van der Waals surface area contributed by atoms with Gasteiger partial charge in [0, 0.05) is 6.04 Å². The number of ether oxygens (including phenoxy) is 2. The van der Waals surface area contributed by atoms with Crippen LogP contribution >= 0.6 is 0 Å². The van der Waals surface area contributed by atoms with Crippen molar-refractivity contribution in [3.8, 4) is 0 Å². The van der Waals surface area contributed by atoms with E-state index in [1.165, 1.54) is 5.57 Å². The normalized spacial score (nSPS) is 16.9. The largest absolute Gasteiger partial charge is 0.444 e. The van der Waals surface area contributed by atoms with Gasteiger partial charge in [-0.15, -0.1) is 0 Å². The van der Waals surface area contributed by atoms with Crippen LogP contribution in [0.3, 0.4) is 0 Å². The van der Waals surface area contributed by atoms with Crippen LogP contribution in [0.4, 0.5) is 4.79 Å². The lowest BCUT2D eigenvalue weighted by atomic mass is 10.0. The molecular formula is C21H36N2O4. The van der Waals surface area contributed by atoms with Crippen LogP contribution in [0, 0.1) is 0 Å². The van der Waals surface area contributed by atoms with Crippen LogP contribution in [-0.4, -0.2) is 41.9 Å². The molecule has 27 heavy (non-hydrogen) atoms. The van der Waals surface area contributed by atoms with Gasteiger partial charge >= 0.3 is 6.09 Å². The molecule has 0 radical (unpaired) electrons. The van der Waals surface area contributed by atoms with Gasteiger partial charge in [0.2, 0.25) is 0 Å². The molecule has 6 heteroatoms. The average molecular weight is 381 g/mol. The van der Waals surface area contributed by atoms with Crippen molar-refractivity contribution >= 4 is 12.0 Å². The van der Waals surface area contributed by atoms with Gasteiger partial charge in [-0.25, -0.2) is 4.79 Å². The maximum atomic E-state index is 12.7. The van der Waals surface area contributed by atoms with Crippen LogP contribution in [-0.2, 0) is 14.3 Å². The first-order valence-corrected chi connectivity index (χ1v) is 9.66. The molecule has 0 saturated heterocycles. The molecule has 1 rings (SSSR count). The molecule has 0 aromatic carbocycles. The van der Waals surface area contributed by atoms with Crippen molar-refractivity contribution in [1.82, 2.24) is 10.6 Å². The first-order chi connectivity index (χ1) is 12.4. The molecule has 2 atom stereocenters. The van der Waals surface area contributed by atoms with Gasteiger partial charge in [0.05, 0.1) is 12.1 Å². The number of rotatable bonds is 7. The van der Waals surface area contributed by atoms with Crippen molar-refractivity contribution in [2.24, 2.45) is 0 Å². The molecule has 154 valence electrons. The highest BCUT2D eigenvalue weighted by atomic mass is 16.6. The molecule has 6 nitrogen and oxygen atoms in total. The summed E-state index contributed by atoms with van der Waals surface area (Å²) in [4.78, 5) is 24.6. The Kier molecular flexibility index (Phi) is 8.54. The second-order valence-electron chi connectivity index (χ2n) is 8.97. The smallest absolute Gasteiger partial charge is 0.407 e. The minimum atomic E-state index is -0.796. The van der Waals surface area contributed by atoms with Crippen molar-refractivity contribution < 1.29 is 19.1 Å². The van der Waals surface area contributed by atoms with Crippen LogP contribution in [0.5, 0.6) is 0 Å². The molecular weight excluding hydrogens is 344 g/mol. The lowest BCUT2D eigenvalue weighted by molar-refractivity contribution is -0.142. The van der Waals surface area contributed by atoms with E-state index < -0.39 is 23.4 Å². The minimum Gasteiger partial charge on any atom is -0.444 e. The van der Waals surface area contributed by atoms with Crippen molar-refractivity contribution in [3.63, 3.8) is 0 Å². The highest BCUT2D eigenvalue weighted by molar-refractivity contribution is 5.82. The van der Waals surface area contributed by atoms with Crippen LogP contribution < -0.4 is 10.6 Å². The Morgan fingerprint density at radius 1 is 1.11 bits per heavy atom. The van der Waals surface area contributed by atoms with E-state index in [0.29, 0.717) is 0 Å². The number of carbonyl (C=O) groups excluding carboxylic acids is 2. The van der Waals surface area contributed by atoms with Gasteiger partial charge in [0.15, 0.2) is 6.10 Å².